The molecule has 1 aliphatic rings. The second-order valence-electron chi connectivity index (χ2n) is 5.91. The number of fused-ring (bicyclic) bond motifs is 1. The summed E-state index contributed by atoms with van der Waals surface area (Å²) in [6.07, 6.45) is 0.920. The number of hydrogen-bond acceptors (Lipinski definition) is 7. The maximum absolute atomic E-state index is 12.0. The molecule has 1 aliphatic heterocycles. The number of non-ortho nitro benzene ring substituents is 1. The predicted molar refractivity (Wildman–Crippen MR) is 94.5 cm³/mol. The predicted octanol–water partition coefficient (Wildman–Crippen LogP) is 3.15. The van der Waals surface area contributed by atoms with Gasteiger partial charge in [-0.2, -0.15) is 0 Å². The van der Waals surface area contributed by atoms with E-state index in [1.807, 2.05) is 12.1 Å². The van der Waals surface area contributed by atoms with E-state index in [1.165, 1.54) is 17.7 Å². The molecular formula is C19H19NO7. The first-order valence-corrected chi connectivity index (χ1v) is 8.45. The number of carbonyl (C=O) groups excluding carboxylic acids is 1. The van der Waals surface area contributed by atoms with E-state index in [0.29, 0.717) is 22.6 Å². The maximum Gasteiger partial charge on any atom is 0.344 e. The van der Waals surface area contributed by atoms with Gasteiger partial charge in [0.2, 0.25) is 0 Å². The van der Waals surface area contributed by atoms with Crippen LogP contribution in [0.1, 0.15) is 23.6 Å². The lowest BCUT2D eigenvalue weighted by molar-refractivity contribution is -0.385. The summed E-state index contributed by atoms with van der Waals surface area (Å²) in [5.41, 5.74) is 2.03. The number of nitro benzene ring substituents is 1. The summed E-state index contributed by atoms with van der Waals surface area (Å²) in [4.78, 5) is 22.5. The average molecular weight is 373 g/mol. The number of carbonyl (C=O) groups is 1. The lowest BCUT2D eigenvalue weighted by Gasteiger charge is -2.20. The molecule has 2 aromatic carbocycles. The van der Waals surface area contributed by atoms with Crippen molar-refractivity contribution in [3.63, 3.8) is 0 Å². The van der Waals surface area contributed by atoms with Crippen molar-refractivity contribution in [1.82, 2.24) is 0 Å². The van der Waals surface area contributed by atoms with Crippen LogP contribution in [0.3, 0.4) is 0 Å². The Labute approximate surface area is 155 Å². The Morgan fingerprint density at radius 2 is 2.04 bits per heavy atom. The summed E-state index contributed by atoms with van der Waals surface area (Å²) in [5.74, 6) is 0.440. The van der Waals surface area contributed by atoms with Gasteiger partial charge in [-0.15, -0.1) is 0 Å². The van der Waals surface area contributed by atoms with Crippen LogP contribution in [0, 0.1) is 10.1 Å². The largest absolute Gasteiger partial charge is 0.482 e. The monoisotopic (exact) mass is 373 g/mol. The number of nitro groups is 1. The molecule has 8 nitrogen and oxygen atoms in total. The number of rotatable bonds is 7. The van der Waals surface area contributed by atoms with Crippen LogP contribution in [-0.2, 0) is 33.9 Å². The molecule has 0 N–H and O–H groups in total. The summed E-state index contributed by atoms with van der Waals surface area (Å²) in [5, 5.41) is 11.1. The molecule has 0 aliphatic carbocycles. The lowest BCUT2D eigenvalue weighted by Crippen LogP contribution is -2.17. The van der Waals surface area contributed by atoms with E-state index < -0.39 is 10.9 Å². The van der Waals surface area contributed by atoms with Crippen LogP contribution < -0.4 is 9.47 Å². The first-order chi connectivity index (χ1) is 13.1. The standard InChI is InChI=1S/C19H19NO7/c1-2-13-3-5-17(6-4-13)25-11-18(21)26-10-15-8-16(20(22)23)7-14-9-24-12-27-19(14)15/h3-8H,2,9-12H2,1H3. The van der Waals surface area contributed by atoms with E-state index in [9.17, 15) is 14.9 Å². The van der Waals surface area contributed by atoms with Gasteiger partial charge in [-0.1, -0.05) is 19.1 Å². The van der Waals surface area contributed by atoms with Gasteiger partial charge in [-0.25, -0.2) is 4.79 Å². The summed E-state index contributed by atoms with van der Waals surface area (Å²) in [7, 11) is 0. The zero-order valence-corrected chi connectivity index (χ0v) is 14.8. The molecule has 0 fully saturated rings. The molecule has 0 spiro atoms. The van der Waals surface area contributed by atoms with Gasteiger partial charge < -0.3 is 18.9 Å². The second-order valence-corrected chi connectivity index (χ2v) is 5.91. The third-order valence-electron chi connectivity index (χ3n) is 4.06. The zero-order valence-electron chi connectivity index (χ0n) is 14.8. The molecular weight excluding hydrogens is 354 g/mol. The normalized spacial score (nSPS) is 12.6. The Morgan fingerprint density at radius 3 is 2.74 bits per heavy atom. The Morgan fingerprint density at radius 1 is 1.26 bits per heavy atom. The molecule has 2 aromatic rings. The third-order valence-corrected chi connectivity index (χ3v) is 4.06. The minimum Gasteiger partial charge on any atom is -0.482 e. The SMILES string of the molecule is CCc1ccc(OCC(=O)OCc2cc([N+](=O)[O-])cc3c2OCOC3)cc1. The topological polar surface area (TPSA) is 97.1 Å². The highest BCUT2D eigenvalue weighted by Crippen LogP contribution is 2.33. The highest BCUT2D eigenvalue weighted by Gasteiger charge is 2.21. The van der Waals surface area contributed by atoms with E-state index in [1.54, 1.807) is 12.1 Å². The van der Waals surface area contributed by atoms with E-state index in [-0.39, 0.29) is 32.3 Å². The van der Waals surface area contributed by atoms with Crippen molar-refractivity contribution in [2.45, 2.75) is 26.6 Å². The quantitative estimate of drug-likeness (QED) is 0.418. The van der Waals surface area contributed by atoms with Gasteiger partial charge in [0.05, 0.1) is 11.5 Å². The smallest absolute Gasteiger partial charge is 0.344 e. The highest BCUT2D eigenvalue weighted by atomic mass is 16.7. The average Bonchev–Trinajstić information content (AvgIpc) is 2.70. The van der Waals surface area contributed by atoms with Crippen molar-refractivity contribution in [3.05, 3.63) is 63.2 Å². The Kier molecular flexibility index (Phi) is 5.87. The van der Waals surface area contributed by atoms with Crippen molar-refractivity contribution in [1.29, 1.82) is 0 Å². The second kappa shape index (κ2) is 8.50. The molecule has 142 valence electrons. The van der Waals surface area contributed by atoms with Crippen molar-refractivity contribution < 1.29 is 28.7 Å². The van der Waals surface area contributed by atoms with Crippen molar-refractivity contribution in [3.8, 4) is 11.5 Å². The van der Waals surface area contributed by atoms with Gasteiger partial charge in [-0.3, -0.25) is 10.1 Å². The number of ether oxygens (including phenoxy) is 4. The molecule has 1 heterocycles. The summed E-state index contributed by atoms with van der Waals surface area (Å²) in [6, 6.07) is 10.2. The van der Waals surface area contributed by atoms with E-state index in [4.69, 9.17) is 18.9 Å². The fraction of sp³-hybridized carbons (Fsp3) is 0.316. The van der Waals surface area contributed by atoms with Crippen LogP contribution in [0.15, 0.2) is 36.4 Å². The first-order valence-electron chi connectivity index (χ1n) is 8.45. The molecule has 0 radical (unpaired) electrons. The first kappa shape index (κ1) is 18.7. The van der Waals surface area contributed by atoms with E-state index in [2.05, 4.69) is 6.92 Å². The number of hydrogen-bond donors (Lipinski definition) is 0. The Hall–Kier alpha value is -3.13. The fourth-order valence-corrected chi connectivity index (χ4v) is 2.66. The van der Waals surface area contributed by atoms with Gasteiger partial charge in [0.25, 0.3) is 5.69 Å². The van der Waals surface area contributed by atoms with Crippen molar-refractivity contribution in [2.24, 2.45) is 0 Å². The molecule has 0 bridgehead atoms. The van der Waals surface area contributed by atoms with Crippen molar-refractivity contribution in [2.75, 3.05) is 13.4 Å². The molecule has 0 saturated carbocycles. The Bertz CT molecular complexity index is 833. The van der Waals surface area contributed by atoms with Crippen LogP contribution in [0.5, 0.6) is 11.5 Å². The van der Waals surface area contributed by atoms with Crippen LogP contribution in [-0.4, -0.2) is 24.3 Å². The zero-order chi connectivity index (χ0) is 19.2. The van der Waals surface area contributed by atoms with Crippen LogP contribution in [0.2, 0.25) is 0 Å². The molecule has 0 atom stereocenters. The van der Waals surface area contributed by atoms with Gasteiger partial charge in [0.15, 0.2) is 13.4 Å². The van der Waals surface area contributed by atoms with Gasteiger partial charge in [0, 0.05) is 23.3 Å². The number of aryl methyl sites for hydroxylation is 1. The van der Waals surface area contributed by atoms with Crippen LogP contribution in [0.25, 0.3) is 0 Å². The molecule has 0 saturated heterocycles. The van der Waals surface area contributed by atoms with E-state index >= 15 is 0 Å². The van der Waals surface area contributed by atoms with Crippen LogP contribution in [0.4, 0.5) is 5.69 Å². The molecule has 0 aromatic heterocycles. The molecule has 8 heteroatoms. The van der Waals surface area contributed by atoms with Crippen molar-refractivity contribution >= 4 is 11.7 Å². The van der Waals surface area contributed by atoms with Crippen LogP contribution >= 0.6 is 0 Å². The van der Waals surface area contributed by atoms with Gasteiger partial charge in [0.1, 0.15) is 18.1 Å². The van der Waals surface area contributed by atoms with Gasteiger partial charge >= 0.3 is 5.97 Å². The fourth-order valence-electron chi connectivity index (χ4n) is 2.66. The third kappa shape index (κ3) is 4.73. The van der Waals surface area contributed by atoms with Gasteiger partial charge in [-0.05, 0) is 24.1 Å². The summed E-state index contributed by atoms with van der Waals surface area (Å²) >= 11 is 0. The molecule has 0 amide bonds. The molecule has 0 unspecified atom stereocenters. The summed E-state index contributed by atoms with van der Waals surface area (Å²) in [6.45, 7) is 1.89. The molecule has 27 heavy (non-hydrogen) atoms. The number of nitrogens with zero attached hydrogens (tertiary/aromatic N) is 1. The summed E-state index contributed by atoms with van der Waals surface area (Å²) < 4.78 is 21.1. The highest BCUT2D eigenvalue weighted by molar-refractivity contribution is 5.71. The lowest BCUT2D eigenvalue weighted by atomic mass is 10.1. The number of benzene rings is 2. The number of esters is 1. The minimum absolute atomic E-state index is 0.0443. The Balaban J connectivity index is 1.60. The maximum atomic E-state index is 12.0. The van der Waals surface area contributed by atoms with E-state index in [0.717, 1.165) is 6.42 Å². The molecule has 3 rings (SSSR count). The minimum atomic E-state index is -0.582.